The number of likely N-dealkylation sites (N-methyl/N-ethyl adjacent to an activating group) is 1. The zero-order valence-corrected chi connectivity index (χ0v) is 16.5. The summed E-state index contributed by atoms with van der Waals surface area (Å²) >= 11 is 0. The molecule has 1 aliphatic rings. The number of hydrogen-bond acceptors (Lipinski definition) is 5. The zero-order valence-electron chi connectivity index (χ0n) is 16.5. The number of aromatic nitrogens is 5. The van der Waals surface area contributed by atoms with E-state index in [1.54, 1.807) is 17.1 Å². The molecule has 0 saturated carbocycles. The molecule has 1 aromatic carbocycles. The molecule has 1 fully saturated rings. The predicted molar refractivity (Wildman–Crippen MR) is 114 cm³/mol. The number of fused-ring (bicyclic) bond motifs is 1. The van der Waals surface area contributed by atoms with E-state index in [4.69, 9.17) is 0 Å². The van der Waals surface area contributed by atoms with E-state index in [0.29, 0.717) is 11.4 Å². The van der Waals surface area contributed by atoms with E-state index in [2.05, 4.69) is 49.0 Å². The van der Waals surface area contributed by atoms with Crippen LogP contribution in [0.2, 0.25) is 0 Å². The van der Waals surface area contributed by atoms with Crippen LogP contribution >= 0.6 is 0 Å². The third kappa shape index (κ3) is 3.31. The maximum atomic E-state index is 12.5. The standard InChI is InChI=1S/C21H23N7O/c1-26-5-7-28(8-6-26)16-3-4-18-19(10-16)25-20(24-18)17-9-14(11-22-21(17)29)15-12-23-27(2)13-15/h3-4,9-13H,5-8H2,1-2H3,(H,22,29)(H,24,25). The first-order chi connectivity index (χ1) is 14.1. The maximum absolute atomic E-state index is 12.5. The Labute approximate surface area is 167 Å². The molecule has 8 nitrogen and oxygen atoms in total. The molecule has 4 aromatic rings. The van der Waals surface area contributed by atoms with Gasteiger partial charge < -0.3 is 19.8 Å². The largest absolute Gasteiger partial charge is 0.369 e. The summed E-state index contributed by atoms with van der Waals surface area (Å²) in [6, 6.07) is 8.10. The molecule has 0 aliphatic carbocycles. The summed E-state index contributed by atoms with van der Waals surface area (Å²) in [7, 11) is 4.02. The van der Waals surface area contributed by atoms with Crippen LogP contribution in [-0.4, -0.2) is 62.9 Å². The molecule has 0 bridgehead atoms. The monoisotopic (exact) mass is 389 g/mol. The van der Waals surface area contributed by atoms with Crippen molar-refractivity contribution in [3.63, 3.8) is 0 Å². The van der Waals surface area contributed by atoms with Gasteiger partial charge in [-0.2, -0.15) is 5.10 Å². The molecule has 0 unspecified atom stereocenters. The van der Waals surface area contributed by atoms with Crippen LogP contribution in [0.3, 0.4) is 0 Å². The Hall–Kier alpha value is -3.39. The van der Waals surface area contributed by atoms with E-state index in [0.717, 1.165) is 48.3 Å². The van der Waals surface area contributed by atoms with Crippen molar-refractivity contribution in [2.24, 2.45) is 7.05 Å². The number of hydrogen-bond donors (Lipinski definition) is 2. The average molecular weight is 389 g/mol. The molecule has 0 atom stereocenters. The second-order valence-electron chi connectivity index (χ2n) is 7.61. The first-order valence-corrected chi connectivity index (χ1v) is 9.72. The van der Waals surface area contributed by atoms with E-state index in [1.807, 2.05) is 25.4 Å². The molecule has 4 heterocycles. The molecule has 1 saturated heterocycles. The van der Waals surface area contributed by atoms with Crippen LogP contribution in [0.25, 0.3) is 33.5 Å². The number of piperazine rings is 1. The highest BCUT2D eigenvalue weighted by molar-refractivity contribution is 5.83. The van der Waals surface area contributed by atoms with Gasteiger partial charge in [-0.3, -0.25) is 9.48 Å². The van der Waals surface area contributed by atoms with Crippen molar-refractivity contribution in [1.29, 1.82) is 0 Å². The summed E-state index contributed by atoms with van der Waals surface area (Å²) in [4.78, 5) is 28.0. The summed E-state index contributed by atoms with van der Waals surface area (Å²) in [6.45, 7) is 4.14. The molecule has 0 radical (unpaired) electrons. The molecule has 1 aliphatic heterocycles. The van der Waals surface area contributed by atoms with Crippen LogP contribution in [0.4, 0.5) is 5.69 Å². The number of rotatable bonds is 3. The lowest BCUT2D eigenvalue weighted by Crippen LogP contribution is -2.44. The number of benzene rings is 1. The number of nitrogens with zero attached hydrogens (tertiary/aromatic N) is 5. The highest BCUT2D eigenvalue weighted by Gasteiger charge is 2.16. The van der Waals surface area contributed by atoms with E-state index >= 15 is 0 Å². The maximum Gasteiger partial charge on any atom is 0.259 e. The molecule has 3 aromatic heterocycles. The van der Waals surface area contributed by atoms with Crippen LogP contribution in [0, 0.1) is 0 Å². The van der Waals surface area contributed by atoms with Crippen molar-refractivity contribution in [2.75, 3.05) is 38.1 Å². The van der Waals surface area contributed by atoms with E-state index in [9.17, 15) is 4.79 Å². The van der Waals surface area contributed by atoms with Crippen LogP contribution in [0.15, 0.2) is 47.7 Å². The lowest BCUT2D eigenvalue weighted by atomic mass is 10.1. The first kappa shape index (κ1) is 17.7. The number of anilines is 1. The van der Waals surface area contributed by atoms with Crippen LogP contribution in [-0.2, 0) is 7.05 Å². The summed E-state index contributed by atoms with van der Waals surface area (Å²) in [5.41, 5.74) is 5.15. The minimum absolute atomic E-state index is 0.170. The molecule has 8 heteroatoms. The number of nitrogens with one attached hydrogen (secondary N) is 2. The normalized spacial score (nSPS) is 15.3. The minimum atomic E-state index is -0.170. The number of aromatic amines is 2. The Morgan fingerprint density at radius 3 is 2.62 bits per heavy atom. The van der Waals surface area contributed by atoms with Crippen molar-refractivity contribution in [3.05, 3.63) is 53.2 Å². The second-order valence-corrected chi connectivity index (χ2v) is 7.61. The molecular weight excluding hydrogens is 366 g/mol. The molecule has 0 spiro atoms. The van der Waals surface area contributed by atoms with Crippen molar-refractivity contribution in [2.45, 2.75) is 0 Å². The lowest BCUT2D eigenvalue weighted by Gasteiger charge is -2.34. The van der Waals surface area contributed by atoms with Gasteiger partial charge in [0.25, 0.3) is 5.56 Å². The van der Waals surface area contributed by atoms with Gasteiger partial charge in [-0.25, -0.2) is 4.98 Å². The lowest BCUT2D eigenvalue weighted by molar-refractivity contribution is 0.313. The minimum Gasteiger partial charge on any atom is -0.369 e. The van der Waals surface area contributed by atoms with Gasteiger partial charge in [-0.1, -0.05) is 0 Å². The summed E-state index contributed by atoms with van der Waals surface area (Å²) in [5, 5.41) is 4.20. The van der Waals surface area contributed by atoms with Gasteiger partial charge in [0, 0.05) is 62.4 Å². The molecule has 29 heavy (non-hydrogen) atoms. The smallest absolute Gasteiger partial charge is 0.259 e. The topological polar surface area (TPSA) is 85.8 Å². The van der Waals surface area contributed by atoms with Crippen molar-refractivity contribution in [3.8, 4) is 22.5 Å². The average Bonchev–Trinajstić information content (AvgIpc) is 3.34. The van der Waals surface area contributed by atoms with E-state index in [1.165, 1.54) is 5.69 Å². The number of imidazole rings is 1. The van der Waals surface area contributed by atoms with Crippen LogP contribution in [0.1, 0.15) is 0 Å². The Morgan fingerprint density at radius 1 is 1.03 bits per heavy atom. The molecule has 2 N–H and O–H groups in total. The van der Waals surface area contributed by atoms with Gasteiger partial charge in [0.1, 0.15) is 5.82 Å². The van der Waals surface area contributed by atoms with Gasteiger partial charge in [0.2, 0.25) is 0 Å². The second kappa shape index (κ2) is 6.89. The molecular formula is C21H23N7O. The van der Waals surface area contributed by atoms with Gasteiger partial charge in [0.15, 0.2) is 0 Å². The van der Waals surface area contributed by atoms with Gasteiger partial charge >= 0.3 is 0 Å². The molecule has 0 amide bonds. The third-order valence-electron chi connectivity index (χ3n) is 5.53. The van der Waals surface area contributed by atoms with Gasteiger partial charge in [-0.15, -0.1) is 0 Å². The third-order valence-corrected chi connectivity index (χ3v) is 5.53. The van der Waals surface area contributed by atoms with E-state index < -0.39 is 0 Å². The fourth-order valence-corrected chi connectivity index (χ4v) is 3.78. The predicted octanol–water partition coefficient (Wildman–Crippen LogP) is 2.07. The molecule has 5 rings (SSSR count). The van der Waals surface area contributed by atoms with Gasteiger partial charge in [0.05, 0.1) is 22.8 Å². The summed E-state index contributed by atoms with van der Waals surface area (Å²) in [6.07, 6.45) is 5.40. The Morgan fingerprint density at radius 2 is 1.86 bits per heavy atom. The van der Waals surface area contributed by atoms with Gasteiger partial charge in [-0.05, 0) is 31.3 Å². The van der Waals surface area contributed by atoms with Crippen molar-refractivity contribution in [1.82, 2.24) is 29.6 Å². The SMILES string of the molecule is CN1CCN(c2ccc3nc(-c4cc(-c5cnn(C)c5)c[nH]c4=O)[nH]c3c2)CC1. The molecule has 148 valence electrons. The quantitative estimate of drug-likeness (QED) is 0.560. The fraction of sp³-hybridized carbons (Fsp3) is 0.286. The van der Waals surface area contributed by atoms with E-state index in [-0.39, 0.29) is 5.56 Å². The summed E-state index contributed by atoms with van der Waals surface area (Å²) < 4.78 is 1.74. The number of pyridine rings is 1. The Kier molecular flexibility index (Phi) is 4.21. The number of H-pyrrole nitrogens is 2. The Bertz CT molecular complexity index is 1230. The van der Waals surface area contributed by atoms with Crippen LogP contribution in [0.5, 0.6) is 0 Å². The summed E-state index contributed by atoms with van der Waals surface area (Å²) in [5.74, 6) is 0.572. The fourth-order valence-electron chi connectivity index (χ4n) is 3.78. The highest BCUT2D eigenvalue weighted by Crippen LogP contribution is 2.26. The van der Waals surface area contributed by atoms with Crippen molar-refractivity contribution >= 4 is 16.7 Å². The van der Waals surface area contributed by atoms with Crippen LogP contribution < -0.4 is 10.5 Å². The highest BCUT2D eigenvalue weighted by atomic mass is 16.1. The number of aryl methyl sites for hydroxylation is 1. The Balaban J connectivity index is 1.51. The zero-order chi connectivity index (χ0) is 20.0. The van der Waals surface area contributed by atoms with Crippen molar-refractivity contribution < 1.29 is 0 Å². The first-order valence-electron chi connectivity index (χ1n) is 9.72.